The summed E-state index contributed by atoms with van der Waals surface area (Å²) < 4.78 is 0. The highest BCUT2D eigenvalue weighted by Gasteiger charge is 2.00. The summed E-state index contributed by atoms with van der Waals surface area (Å²) in [4.78, 5) is 4.21. The summed E-state index contributed by atoms with van der Waals surface area (Å²) in [5.74, 6) is 0.517. The Morgan fingerprint density at radius 2 is 2.36 bits per heavy atom. The van der Waals surface area contributed by atoms with Crippen LogP contribution in [0.5, 0.6) is 0 Å². The molecule has 0 spiro atoms. The predicted octanol–water partition coefficient (Wildman–Crippen LogP) is 1.19. The van der Waals surface area contributed by atoms with E-state index in [9.17, 15) is 0 Å². The summed E-state index contributed by atoms with van der Waals surface area (Å²) in [5.41, 5.74) is 1.06. The van der Waals surface area contributed by atoms with Crippen molar-refractivity contribution in [2.45, 2.75) is 19.9 Å². The van der Waals surface area contributed by atoms with Gasteiger partial charge in [0.15, 0.2) is 0 Å². The number of aromatic nitrogens is 1. The van der Waals surface area contributed by atoms with Crippen molar-refractivity contribution in [1.29, 1.82) is 0 Å². The average Bonchev–Trinajstić information content (AvgIpc) is 2.20. The fourth-order valence-electron chi connectivity index (χ4n) is 1.27. The van der Waals surface area contributed by atoms with Crippen molar-refractivity contribution in [3.63, 3.8) is 0 Å². The maximum atomic E-state index is 8.71. The smallest absolute Gasteiger partial charge is 0.0541 e. The van der Waals surface area contributed by atoms with Gasteiger partial charge in [0, 0.05) is 19.3 Å². The molecule has 0 aromatic carbocycles. The van der Waals surface area contributed by atoms with Crippen molar-refractivity contribution in [3.05, 3.63) is 30.1 Å². The molecule has 78 valence electrons. The van der Waals surface area contributed by atoms with Gasteiger partial charge < -0.3 is 10.4 Å². The van der Waals surface area contributed by atoms with E-state index in [1.807, 2.05) is 18.2 Å². The molecular formula is C11H18N2O. The minimum atomic E-state index is 0.270. The van der Waals surface area contributed by atoms with Crippen LogP contribution >= 0.6 is 0 Å². The van der Waals surface area contributed by atoms with Crippen LogP contribution in [0.1, 0.15) is 19.0 Å². The number of aliphatic hydroxyl groups is 1. The Labute approximate surface area is 85.2 Å². The lowest BCUT2D eigenvalue weighted by atomic mass is 10.1. The monoisotopic (exact) mass is 194 g/mol. The molecule has 0 aliphatic rings. The van der Waals surface area contributed by atoms with Gasteiger partial charge in [0.1, 0.15) is 0 Å². The highest BCUT2D eigenvalue weighted by molar-refractivity contribution is 5.02. The van der Waals surface area contributed by atoms with E-state index < -0.39 is 0 Å². The van der Waals surface area contributed by atoms with Gasteiger partial charge in [-0.15, -0.1) is 0 Å². The SMILES string of the molecule is CC(CCO)CNCc1ccccn1. The third-order valence-corrected chi connectivity index (χ3v) is 2.15. The van der Waals surface area contributed by atoms with Crippen molar-refractivity contribution >= 4 is 0 Å². The topological polar surface area (TPSA) is 45.1 Å². The van der Waals surface area contributed by atoms with Crippen LogP contribution in [0.25, 0.3) is 0 Å². The van der Waals surface area contributed by atoms with Crippen LogP contribution in [0.4, 0.5) is 0 Å². The number of rotatable bonds is 6. The maximum absolute atomic E-state index is 8.71. The van der Waals surface area contributed by atoms with Gasteiger partial charge in [0.2, 0.25) is 0 Å². The molecule has 0 amide bonds. The maximum Gasteiger partial charge on any atom is 0.0541 e. The number of pyridine rings is 1. The van der Waals surface area contributed by atoms with Crippen molar-refractivity contribution in [2.75, 3.05) is 13.2 Å². The fourth-order valence-corrected chi connectivity index (χ4v) is 1.27. The molecular weight excluding hydrogens is 176 g/mol. The average molecular weight is 194 g/mol. The van der Waals surface area contributed by atoms with Crippen LogP contribution in [0, 0.1) is 5.92 Å². The molecule has 0 saturated heterocycles. The summed E-state index contributed by atoms with van der Waals surface area (Å²) in [6.45, 7) is 4.13. The Morgan fingerprint density at radius 3 is 3.00 bits per heavy atom. The molecule has 1 heterocycles. The van der Waals surface area contributed by atoms with Gasteiger partial charge in [-0.3, -0.25) is 4.98 Å². The third kappa shape index (κ3) is 4.35. The zero-order chi connectivity index (χ0) is 10.2. The van der Waals surface area contributed by atoms with Gasteiger partial charge in [-0.25, -0.2) is 0 Å². The quantitative estimate of drug-likeness (QED) is 0.715. The Kier molecular flexibility index (Phi) is 5.19. The Morgan fingerprint density at radius 1 is 1.50 bits per heavy atom. The van der Waals surface area contributed by atoms with E-state index in [1.54, 1.807) is 6.20 Å². The minimum absolute atomic E-state index is 0.270. The summed E-state index contributed by atoms with van der Waals surface area (Å²) in [7, 11) is 0. The third-order valence-electron chi connectivity index (χ3n) is 2.15. The van der Waals surface area contributed by atoms with E-state index in [0.29, 0.717) is 5.92 Å². The highest BCUT2D eigenvalue weighted by atomic mass is 16.3. The van der Waals surface area contributed by atoms with Gasteiger partial charge in [0.25, 0.3) is 0 Å². The Bertz CT molecular complexity index is 238. The molecule has 0 fully saturated rings. The van der Waals surface area contributed by atoms with Crippen LogP contribution in [0.15, 0.2) is 24.4 Å². The number of hydrogen-bond donors (Lipinski definition) is 2. The first-order valence-corrected chi connectivity index (χ1v) is 5.04. The van der Waals surface area contributed by atoms with Gasteiger partial charge in [-0.2, -0.15) is 0 Å². The van der Waals surface area contributed by atoms with Crippen LogP contribution < -0.4 is 5.32 Å². The second-order valence-corrected chi connectivity index (χ2v) is 3.57. The molecule has 0 bridgehead atoms. The molecule has 3 nitrogen and oxygen atoms in total. The molecule has 2 N–H and O–H groups in total. The van der Waals surface area contributed by atoms with Crippen molar-refractivity contribution in [1.82, 2.24) is 10.3 Å². The van der Waals surface area contributed by atoms with E-state index in [1.165, 1.54) is 0 Å². The molecule has 3 heteroatoms. The summed E-state index contributed by atoms with van der Waals surface area (Å²) in [5, 5.41) is 12.0. The molecule has 1 atom stereocenters. The first kappa shape index (κ1) is 11.1. The summed E-state index contributed by atoms with van der Waals surface area (Å²) >= 11 is 0. The van der Waals surface area contributed by atoms with Gasteiger partial charge in [-0.1, -0.05) is 13.0 Å². The number of nitrogens with one attached hydrogen (secondary N) is 1. The minimum Gasteiger partial charge on any atom is -0.396 e. The second-order valence-electron chi connectivity index (χ2n) is 3.57. The van der Waals surface area contributed by atoms with Crippen molar-refractivity contribution in [2.24, 2.45) is 5.92 Å². The lowest BCUT2D eigenvalue weighted by molar-refractivity contribution is 0.260. The first-order chi connectivity index (χ1) is 6.83. The van der Waals surface area contributed by atoms with Crippen LogP contribution in [0.2, 0.25) is 0 Å². The molecule has 0 saturated carbocycles. The molecule has 1 unspecified atom stereocenters. The zero-order valence-electron chi connectivity index (χ0n) is 8.61. The van der Waals surface area contributed by atoms with E-state index in [4.69, 9.17) is 5.11 Å². The summed E-state index contributed by atoms with van der Waals surface area (Å²) in [6.07, 6.45) is 2.66. The molecule has 14 heavy (non-hydrogen) atoms. The molecule has 1 aromatic heterocycles. The predicted molar refractivity (Wildman–Crippen MR) is 56.8 cm³/mol. The highest BCUT2D eigenvalue weighted by Crippen LogP contribution is 1.99. The molecule has 0 aliphatic carbocycles. The van der Waals surface area contributed by atoms with Crippen LogP contribution in [0.3, 0.4) is 0 Å². The van der Waals surface area contributed by atoms with Crippen molar-refractivity contribution < 1.29 is 5.11 Å². The van der Waals surface area contributed by atoms with Crippen molar-refractivity contribution in [3.8, 4) is 0 Å². The Hall–Kier alpha value is -0.930. The molecule has 0 aliphatic heterocycles. The first-order valence-electron chi connectivity index (χ1n) is 5.04. The lowest BCUT2D eigenvalue weighted by Gasteiger charge is -2.10. The number of hydrogen-bond acceptors (Lipinski definition) is 3. The van der Waals surface area contributed by atoms with E-state index in [0.717, 1.165) is 25.2 Å². The van der Waals surface area contributed by atoms with Gasteiger partial charge >= 0.3 is 0 Å². The number of nitrogens with zero attached hydrogens (tertiary/aromatic N) is 1. The normalized spacial score (nSPS) is 12.7. The Balaban J connectivity index is 2.16. The summed E-state index contributed by atoms with van der Waals surface area (Å²) in [6, 6.07) is 5.91. The van der Waals surface area contributed by atoms with E-state index >= 15 is 0 Å². The lowest BCUT2D eigenvalue weighted by Crippen LogP contribution is -2.21. The van der Waals surface area contributed by atoms with E-state index in [-0.39, 0.29) is 6.61 Å². The van der Waals surface area contributed by atoms with Crippen LogP contribution in [-0.4, -0.2) is 23.2 Å². The molecule has 1 rings (SSSR count). The number of aliphatic hydroxyl groups excluding tert-OH is 1. The van der Waals surface area contributed by atoms with Gasteiger partial charge in [0.05, 0.1) is 5.69 Å². The largest absolute Gasteiger partial charge is 0.396 e. The zero-order valence-corrected chi connectivity index (χ0v) is 8.61. The van der Waals surface area contributed by atoms with Gasteiger partial charge in [-0.05, 0) is 31.0 Å². The molecule has 0 radical (unpaired) electrons. The second kappa shape index (κ2) is 6.51. The fraction of sp³-hybridized carbons (Fsp3) is 0.545. The molecule has 1 aromatic rings. The van der Waals surface area contributed by atoms with Crippen LogP contribution in [-0.2, 0) is 6.54 Å². The van der Waals surface area contributed by atoms with E-state index in [2.05, 4.69) is 17.2 Å². The standard InChI is InChI=1S/C11H18N2O/c1-10(5-7-14)8-12-9-11-4-2-3-6-13-11/h2-4,6,10,12,14H,5,7-9H2,1H3.